The molecule has 2 aliphatic rings. The van der Waals surface area contributed by atoms with Gasteiger partial charge in [0.2, 0.25) is 6.29 Å². The Morgan fingerprint density at radius 3 is 2.26 bits per heavy atom. The van der Waals surface area contributed by atoms with Crippen LogP contribution < -0.4 is 4.74 Å². The largest absolute Gasteiger partial charge is 0.479 e. The van der Waals surface area contributed by atoms with Crippen LogP contribution in [-0.2, 0) is 9.53 Å². The fourth-order valence-electron chi connectivity index (χ4n) is 4.53. The van der Waals surface area contributed by atoms with Gasteiger partial charge in [-0.25, -0.2) is 4.79 Å². The highest BCUT2D eigenvalue weighted by Gasteiger charge is 2.48. The third-order valence-corrected chi connectivity index (χ3v) is 6.26. The van der Waals surface area contributed by atoms with Crippen LogP contribution in [0.5, 0.6) is 5.75 Å². The summed E-state index contributed by atoms with van der Waals surface area (Å²) in [5.41, 5.74) is 0.178. The molecule has 31 heavy (non-hydrogen) atoms. The number of benzene rings is 1. The van der Waals surface area contributed by atoms with Crippen LogP contribution in [0.25, 0.3) is 0 Å². The third kappa shape index (κ3) is 5.36. The van der Waals surface area contributed by atoms with Crippen molar-refractivity contribution >= 4 is 5.97 Å². The second-order valence-electron chi connectivity index (χ2n) is 8.90. The lowest BCUT2D eigenvalue weighted by Gasteiger charge is -2.41. The molecule has 1 aromatic carbocycles. The zero-order valence-corrected chi connectivity index (χ0v) is 17.9. The molecule has 1 saturated carbocycles. The zero-order valence-electron chi connectivity index (χ0n) is 17.9. The van der Waals surface area contributed by atoms with Crippen molar-refractivity contribution in [2.75, 3.05) is 20.6 Å². The smallest absolute Gasteiger partial charge is 0.335 e. The summed E-state index contributed by atoms with van der Waals surface area (Å²) in [6, 6.07) is 7.00. The van der Waals surface area contributed by atoms with Crippen molar-refractivity contribution in [2.45, 2.75) is 74.3 Å². The number of carboxylic acid groups (broad SMARTS) is 1. The predicted octanol–water partition coefficient (Wildman–Crippen LogP) is 0.298. The zero-order chi connectivity index (χ0) is 22.8. The van der Waals surface area contributed by atoms with Crippen molar-refractivity contribution in [3.63, 3.8) is 0 Å². The molecule has 1 aliphatic carbocycles. The molecular formula is C22H33NO8. The summed E-state index contributed by atoms with van der Waals surface area (Å²) in [6.07, 6.45) is -3.64. The van der Waals surface area contributed by atoms with Gasteiger partial charge in [-0.15, -0.1) is 0 Å². The number of aliphatic hydroxyl groups is 4. The van der Waals surface area contributed by atoms with Gasteiger partial charge in [0, 0.05) is 12.5 Å². The van der Waals surface area contributed by atoms with Crippen LogP contribution in [0.15, 0.2) is 24.3 Å². The minimum absolute atomic E-state index is 0.0817. The van der Waals surface area contributed by atoms with Crippen molar-refractivity contribution in [1.82, 2.24) is 4.90 Å². The Hall–Kier alpha value is -1.75. The maximum atomic E-state index is 11.3. The minimum atomic E-state index is -1.77. The highest BCUT2D eigenvalue weighted by molar-refractivity contribution is 5.73. The van der Waals surface area contributed by atoms with E-state index in [0.29, 0.717) is 12.3 Å². The normalized spacial score (nSPS) is 31.9. The average Bonchev–Trinajstić information content (AvgIpc) is 2.73. The van der Waals surface area contributed by atoms with Crippen LogP contribution in [-0.4, -0.2) is 93.3 Å². The van der Waals surface area contributed by atoms with Gasteiger partial charge in [-0.05, 0) is 44.6 Å². The van der Waals surface area contributed by atoms with Gasteiger partial charge in [0.1, 0.15) is 24.1 Å². The maximum Gasteiger partial charge on any atom is 0.335 e. The molecule has 1 aliphatic heterocycles. The molecule has 9 heteroatoms. The molecule has 1 saturated heterocycles. The number of hydrogen-bond donors (Lipinski definition) is 5. The number of carboxylic acids is 1. The monoisotopic (exact) mass is 439 g/mol. The van der Waals surface area contributed by atoms with Gasteiger partial charge in [0.05, 0.1) is 5.60 Å². The van der Waals surface area contributed by atoms with Crippen molar-refractivity contribution in [3.8, 4) is 5.75 Å². The number of ether oxygens (including phenoxy) is 2. The van der Waals surface area contributed by atoms with Gasteiger partial charge >= 0.3 is 5.97 Å². The van der Waals surface area contributed by atoms with E-state index in [-0.39, 0.29) is 5.92 Å². The number of likely N-dealkylation sites (N-methyl/N-ethyl adjacent to an activating group) is 1. The Labute approximate surface area is 181 Å². The van der Waals surface area contributed by atoms with Gasteiger partial charge in [0.15, 0.2) is 6.10 Å². The molecule has 0 aromatic heterocycles. The summed E-state index contributed by atoms with van der Waals surface area (Å²) in [5.74, 6) is -1.24. The molecule has 0 amide bonds. The van der Waals surface area contributed by atoms with E-state index >= 15 is 0 Å². The van der Waals surface area contributed by atoms with E-state index in [0.717, 1.165) is 37.7 Å². The van der Waals surface area contributed by atoms with Crippen LogP contribution in [0.1, 0.15) is 43.6 Å². The maximum absolute atomic E-state index is 11.3. The minimum Gasteiger partial charge on any atom is -0.479 e. The number of aliphatic carboxylic acids is 1. The van der Waals surface area contributed by atoms with E-state index in [9.17, 15) is 25.2 Å². The van der Waals surface area contributed by atoms with Gasteiger partial charge in [-0.1, -0.05) is 31.4 Å². The van der Waals surface area contributed by atoms with Gasteiger partial charge in [-0.2, -0.15) is 0 Å². The molecule has 3 rings (SSSR count). The Kier molecular flexibility index (Phi) is 7.56. The first-order valence-corrected chi connectivity index (χ1v) is 10.7. The van der Waals surface area contributed by atoms with E-state index in [2.05, 4.69) is 0 Å². The van der Waals surface area contributed by atoms with Crippen molar-refractivity contribution in [3.05, 3.63) is 29.8 Å². The number of rotatable bonds is 7. The van der Waals surface area contributed by atoms with Crippen LogP contribution in [0.3, 0.4) is 0 Å². The quantitative estimate of drug-likeness (QED) is 0.406. The predicted molar refractivity (Wildman–Crippen MR) is 111 cm³/mol. The standard InChI is InChI=1S/C22H33NO8/c1-23(2)12-15(22(29)10-4-3-5-11-22)13-6-8-14(9-7-13)30-21-18(26)16(24)17(25)19(31-21)20(27)28/h6-9,15-19,21,24-26,29H,3-5,10-12H2,1-2H3,(H,27,28)/t15-,16-,17-,18+,19-,21+/m0/s1. The fraction of sp³-hybridized carbons (Fsp3) is 0.682. The molecule has 6 atom stereocenters. The highest BCUT2D eigenvalue weighted by atomic mass is 16.7. The molecule has 5 N–H and O–H groups in total. The molecular weight excluding hydrogens is 406 g/mol. The summed E-state index contributed by atoms with van der Waals surface area (Å²) in [4.78, 5) is 13.3. The van der Waals surface area contributed by atoms with E-state index in [1.54, 1.807) is 12.1 Å². The van der Waals surface area contributed by atoms with Crippen LogP contribution in [0.4, 0.5) is 0 Å². The second-order valence-corrected chi connectivity index (χ2v) is 8.90. The summed E-state index contributed by atoms with van der Waals surface area (Å²) in [6.45, 7) is 0.686. The topological polar surface area (TPSA) is 140 Å². The highest BCUT2D eigenvalue weighted by Crippen LogP contribution is 2.40. The summed E-state index contributed by atoms with van der Waals surface area (Å²) < 4.78 is 10.7. The Morgan fingerprint density at radius 1 is 1.10 bits per heavy atom. The number of carbonyl (C=O) groups is 1. The molecule has 0 bridgehead atoms. The first kappa shape index (κ1) is 23.9. The fourth-order valence-corrected chi connectivity index (χ4v) is 4.53. The Balaban J connectivity index is 1.75. The molecule has 174 valence electrons. The van der Waals surface area contributed by atoms with Crippen LogP contribution in [0.2, 0.25) is 0 Å². The number of nitrogens with zero attached hydrogens (tertiary/aromatic N) is 1. The van der Waals surface area contributed by atoms with Gasteiger partial charge in [0.25, 0.3) is 0 Å². The lowest BCUT2D eigenvalue weighted by Crippen LogP contribution is -2.61. The summed E-state index contributed by atoms with van der Waals surface area (Å²) in [5, 5.41) is 50.3. The molecule has 9 nitrogen and oxygen atoms in total. The van der Waals surface area contributed by atoms with E-state index in [1.807, 2.05) is 31.1 Å². The third-order valence-electron chi connectivity index (χ3n) is 6.26. The Bertz CT molecular complexity index is 734. The van der Waals surface area contributed by atoms with E-state index < -0.39 is 42.3 Å². The molecule has 0 unspecified atom stereocenters. The van der Waals surface area contributed by atoms with Crippen LogP contribution >= 0.6 is 0 Å². The molecule has 0 spiro atoms. The first-order chi connectivity index (χ1) is 14.6. The summed E-state index contributed by atoms with van der Waals surface area (Å²) in [7, 11) is 3.94. The molecule has 0 radical (unpaired) electrons. The van der Waals surface area contributed by atoms with Gasteiger partial charge in [-0.3, -0.25) is 0 Å². The Morgan fingerprint density at radius 2 is 1.71 bits per heavy atom. The lowest BCUT2D eigenvalue weighted by molar-refractivity contribution is -0.271. The van der Waals surface area contributed by atoms with Crippen molar-refractivity contribution in [2.24, 2.45) is 0 Å². The summed E-state index contributed by atoms with van der Waals surface area (Å²) >= 11 is 0. The molecule has 1 heterocycles. The van der Waals surface area contributed by atoms with Crippen LogP contribution in [0, 0.1) is 0 Å². The van der Waals surface area contributed by atoms with E-state index in [4.69, 9.17) is 14.6 Å². The molecule has 2 fully saturated rings. The molecule has 1 aromatic rings. The van der Waals surface area contributed by atoms with E-state index in [1.165, 1.54) is 0 Å². The second kappa shape index (κ2) is 9.81. The van der Waals surface area contributed by atoms with Gasteiger partial charge < -0.3 is 39.9 Å². The van der Waals surface area contributed by atoms with Crippen molar-refractivity contribution < 1.29 is 39.8 Å². The first-order valence-electron chi connectivity index (χ1n) is 10.7. The SMILES string of the molecule is CN(C)C[C@@H](c1ccc(O[C@@H]2O[C@H](C(=O)O)[C@@H](O)[C@H](O)[C@H]2O)cc1)C1(O)CCCCC1. The average molecular weight is 440 g/mol. The lowest BCUT2D eigenvalue weighted by atomic mass is 9.72. The number of aliphatic hydroxyl groups excluding tert-OH is 3. The number of hydrogen-bond acceptors (Lipinski definition) is 8. The van der Waals surface area contributed by atoms with Crippen molar-refractivity contribution in [1.29, 1.82) is 0 Å².